The zero-order chi connectivity index (χ0) is 21.7. The molecule has 0 aliphatic carbocycles. The highest BCUT2D eigenvalue weighted by molar-refractivity contribution is 7.89. The van der Waals surface area contributed by atoms with Crippen molar-refractivity contribution in [2.45, 2.75) is 44.2 Å². The van der Waals surface area contributed by atoms with Crippen LogP contribution < -0.4 is 14.8 Å². The minimum absolute atomic E-state index is 0.183. The molecule has 3 rings (SSSR count). The topological polar surface area (TPSA) is 93.2 Å². The average Bonchev–Trinajstić information content (AvgIpc) is 3.14. The molecule has 0 radical (unpaired) electrons. The zero-order valence-corrected chi connectivity index (χ0v) is 19.0. The van der Waals surface area contributed by atoms with Gasteiger partial charge in [-0.25, -0.2) is 18.1 Å². The van der Waals surface area contributed by atoms with E-state index in [2.05, 4.69) is 44.5 Å². The van der Waals surface area contributed by atoms with Gasteiger partial charge in [0.2, 0.25) is 15.2 Å². The van der Waals surface area contributed by atoms with E-state index in [0.717, 1.165) is 11.4 Å². The van der Waals surface area contributed by atoms with Gasteiger partial charge >= 0.3 is 0 Å². The number of nitrogens with zero attached hydrogens (tertiary/aromatic N) is 2. The van der Waals surface area contributed by atoms with Crippen LogP contribution in [-0.2, 0) is 16.4 Å². The van der Waals surface area contributed by atoms with Gasteiger partial charge in [0.15, 0.2) is 0 Å². The maximum atomic E-state index is 12.6. The minimum Gasteiger partial charge on any atom is -0.497 e. The Kier molecular flexibility index (Phi) is 7.06. The molecule has 0 spiro atoms. The third kappa shape index (κ3) is 5.78. The molecule has 160 valence electrons. The predicted octanol–water partition coefficient (Wildman–Crippen LogP) is 3.61. The van der Waals surface area contributed by atoms with Crippen LogP contribution in [0, 0.1) is 6.92 Å². The van der Waals surface area contributed by atoms with Gasteiger partial charge in [-0.15, -0.1) is 0 Å². The fourth-order valence-corrected chi connectivity index (χ4v) is 4.88. The molecule has 1 heterocycles. The molecular weight excluding hydrogens is 420 g/mol. The monoisotopic (exact) mass is 446 g/mol. The van der Waals surface area contributed by atoms with E-state index < -0.39 is 10.0 Å². The molecule has 0 bridgehead atoms. The standard InChI is InChI=1S/C21H26N4O3S2/c1-14-6-5-7-17(12-14)13-20-23-21(29-24-20)22-15(2)16(3)25-30(26,27)19-10-8-18(28-4)9-11-19/h5-12,15-16,25H,13H2,1-4H3,(H,22,23,24). The number of hydrogen-bond donors (Lipinski definition) is 2. The first-order valence-corrected chi connectivity index (χ1v) is 11.8. The minimum atomic E-state index is -3.64. The summed E-state index contributed by atoms with van der Waals surface area (Å²) in [4.78, 5) is 4.73. The Hall–Kier alpha value is -2.49. The van der Waals surface area contributed by atoms with E-state index >= 15 is 0 Å². The van der Waals surface area contributed by atoms with Crippen LogP contribution in [0.15, 0.2) is 53.4 Å². The predicted molar refractivity (Wildman–Crippen MR) is 120 cm³/mol. The van der Waals surface area contributed by atoms with E-state index in [9.17, 15) is 8.42 Å². The van der Waals surface area contributed by atoms with Crippen molar-refractivity contribution in [2.24, 2.45) is 0 Å². The fraction of sp³-hybridized carbons (Fsp3) is 0.333. The van der Waals surface area contributed by atoms with Crippen molar-refractivity contribution in [1.29, 1.82) is 0 Å². The molecule has 0 fully saturated rings. The smallest absolute Gasteiger partial charge is 0.240 e. The van der Waals surface area contributed by atoms with Crippen LogP contribution in [0.3, 0.4) is 0 Å². The lowest BCUT2D eigenvalue weighted by atomic mass is 10.1. The lowest BCUT2D eigenvalue weighted by molar-refractivity contribution is 0.414. The number of sulfonamides is 1. The second-order valence-corrected chi connectivity index (χ2v) is 9.67. The quantitative estimate of drug-likeness (QED) is 0.522. The highest BCUT2D eigenvalue weighted by Crippen LogP contribution is 2.18. The van der Waals surface area contributed by atoms with Gasteiger partial charge in [0, 0.05) is 30.0 Å². The Morgan fingerprint density at radius 1 is 1.10 bits per heavy atom. The molecule has 2 atom stereocenters. The van der Waals surface area contributed by atoms with Gasteiger partial charge in [0.05, 0.1) is 12.0 Å². The number of benzene rings is 2. The first-order valence-electron chi connectivity index (χ1n) is 9.58. The van der Waals surface area contributed by atoms with Gasteiger partial charge in [-0.1, -0.05) is 29.8 Å². The Labute approximate surface area is 181 Å². The van der Waals surface area contributed by atoms with Crippen molar-refractivity contribution in [1.82, 2.24) is 14.1 Å². The maximum absolute atomic E-state index is 12.6. The molecule has 7 nitrogen and oxygen atoms in total. The number of anilines is 1. The third-order valence-electron chi connectivity index (χ3n) is 4.72. The molecule has 9 heteroatoms. The summed E-state index contributed by atoms with van der Waals surface area (Å²) >= 11 is 1.27. The van der Waals surface area contributed by atoms with Crippen LogP contribution >= 0.6 is 11.5 Å². The summed E-state index contributed by atoms with van der Waals surface area (Å²) in [5.74, 6) is 1.35. The molecule has 0 amide bonds. The van der Waals surface area contributed by atoms with E-state index in [1.165, 1.54) is 36.3 Å². The van der Waals surface area contributed by atoms with Crippen LogP contribution in [0.4, 0.5) is 5.13 Å². The highest BCUT2D eigenvalue weighted by Gasteiger charge is 2.22. The number of methoxy groups -OCH3 is 1. The van der Waals surface area contributed by atoms with Crippen molar-refractivity contribution in [3.63, 3.8) is 0 Å². The normalized spacial score (nSPS) is 13.6. The van der Waals surface area contributed by atoms with E-state index in [1.807, 2.05) is 19.9 Å². The fourth-order valence-electron chi connectivity index (χ4n) is 2.88. The molecule has 3 aromatic rings. The third-order valence-corrected chi connectivity index (χ3v) is 6.98. The number of rotatable bonds is 9. The van der Waals surface area contributed by atoms with Crippen LogP contribution in [0.25, 0.3) is 0 Å². The molecule has 2 unspecified atom stereocenters. The van der Waals surface area contributed by atoms with Gasteiger partial charge < -0.3 is 10.1 Å². The maximum Gasteiger partial charge on any atom is 0.240 e. The molecule has 0 aliphatic heterocycles. The van der Waals surface area contributed by atoms with Crippen molar-refractivity contribution in [3.8, 4) is 5.75 Å². The lowest BCUT2D eigenvalue weighted by Gasteiger charge is -2.22. The number of aryl methyl sites for hydroxylation is 1. The summed E-state index contributed by atoms with van der Waals surface area (Å²) in [7, 11) is -2.10. The van der Waals surface area contributed by atoms with Gasteiger partial charge in [0.1, 0.15) is 11.6 Å². The Morgan fingerprint density at radius 3 is 2.50 bits per heavy atom. The van der Waals surface area contributed by atoms with Gasteiger partial charge in [-0.2, -0.15) is 4.37 Å². The molecule has 2 aromatic carbocycles. The van der Waals surface area contributed by atoms with Gasteiger partial charge in [-0.3, -0.25) is 0 Å². The van der Waals surface area contributed by atoms with Crippen molar-refractivity contribution in [3.05, 3.63) is 65.5 Å². The van der Waals surface area contributed by atoms with E-state index in [1.54, 1.807) is 12.1 Å². The summed E-state index contributed by atoms with van der Waals surface area (Å²) in [5, 5.41) is 3.92. The number of ether oxygens (including phenoxy) is 1. The molecule has 0 saturated carbocycles. The van der Waals surface area contributed by atoms with Crippen molar-refractivity contribution in [2.75, 3.05) is 12.4 Å². The van der Waals surface area contributed by atoms with Crippen LogP contribution in [0.2, 0.25) is 0 Å². The second-order valence-electron chi connectivity index (χ2n) is 7.20. The first kappa shape index (κ1) is 22.2. The summed E-state index contributed by atoms with van der Waals surface area (Å²) < 4.78 is 37.5. The van der Waals surface area contributed by atoms with Crippen LogP contribution in [-0.4, -0.2) is 37.0 Å². The lowest BCUT2D eigenvalue weighted by Crippen LogP contribution is -2.43. The van der Waals surface area contributed by atoms with Crippen LogP contribution in [0.5, 0.6) is 5.75 Å². The van der Waals surface area contributed by atoms with Crippen molar-refractivity contribution >= 4 is 26.7 Å². The van der Waals surface area contributed by atoms with Gasteiger partial charge in [0.25, 0.3) is 0 Å². The SMILES string of the molecule is COc1ccc(S(=O)(=O)NC(C)C(C)Nc2nc(Cc3cccc(C)c3)ns2)cc1. The largest absolute Gasteiger partial charge is 0.497 e. The summed E-state index contributed by atoms with van der Waals surface area (Å²) in [5.41, 5.74) is 2.36. The highest BCUT2D eigenvalue weighted by atomic mass is 32.2. The number of nitrogens with one attached hydrogen (secondary N) is 2. The van der Waals surface area contributed by atoms with Crippen molar-refractivity contribution < 1.29 is 13.2 Å². The Balaban J connectivity index is 1.59. The van der Waals surface area contributed by atoms with E-state index in [0.29, 0.717) is 17.3 Å². The molecule has 1 aromatic heterocycles. The number of aromatic nitrogens is 2. The van der Waals surface area contributed by atoms with Gasteiger partial charge in [-0.05, 0) is 50.6 Å². The zero-order valence-electron chi connectivity index (χ0n) is 17.4. The molecule has 30 heavy (non-hydrogen) atoms. The van der Waals surface area contributed by atoms with Crippen LogP contribution in [0.1, 0.15) is 30.8 Å². The molecule has 0 aliphatic rings. The number of hydrogen-bond acceptors (Lipinski definition) is 7. The molecule has 0 saturated heterocycles. The Bertz CT molecular complexity index is 1080. The average molecular weight is 447 g/mol. The summed E-state index contributed by atoms with van der Waals surface area (Å²) in [6.07, 6.45) is 0.661. The summed E-state index contributed by atoms with van der Waals surface area (Å²) in [6.45, 7) is 5.78. The first-order chi connectivity index (χ1) is 14.3. The van der Waals surface area contributed by atoms with E-state index in [-0.39, 0.29) is 17.0 Å². The Morgan fingerprint density at radius 2 is 1.83 bits per heavy atom. The summed E-state index contributed by atoms with van der Waals surface area (Å²) in [6, 6.07) is 14.0. The molecule has 2 N–H and O–H groups in total. The molecular formula is C21H26N4O3S2. The second kappa shape index (κ2) is 9.55. The van der Waals surface area contributed by atoms with E-state index in [4.69, 9.17) is 4.74 Å².